The average Bonchev–Trinajstić information content (AvgIpc) is 3.03. The standard InChI is InChI=1S/C16H27N3OS/c1-6-19-9-7-8-12(19)10-18(5)15-17-14(16(2,3)4)13(11-20)21-15/h11-12H,6-10H2,1-5H3. The highest BCUT2D eigenvalue weighted by Crippen LogP contribution is 2.33. The second-order valence-corrected chi connectivity index (χ2v) is 7.89. The first kappa shape index (κ1) is 16.4. The van der Waals surface area contributed by atoms with Gasteiger partial charge in [-0.15, -0.1) is 0 Å². The Balaban J connectivity index is 2.14. The van der Waals surface area contributed by atoms with E-state index in [-0.39, 0.29) is 5.41 Å². The maximum Gasteiger partial charge on any atom is 0.186 e. The Kier molecular flexibility index (Phi) is 5.04. The molecule has 0 aromatic carbocycles. The smallest absolute Gasteiger partial charge is 0.186 e. The van der Waals surface area contributed by atoms with E-state index in [0.717, 1.165) is 35.1 Å². The van der Waals surface area contributed by atoms with Gasteiger partial charge in [-0.25, -0.2) is 4.98 Å². The molecule has 0 saturated carbocycles. The molecule has 0 spiro atoms. The van der Waals surface area contributed by atoms with E-state index in [4.69, 9.17) is 4.98 Å². The second-order valence-electron chi connectivity index (χ2n) is 6.88. The molecule has 1 aliphatic heterocycles. The topological polar surface area (TPSA) is 36.4 Å². The van der Waals surface area contributed by atoms with Gasteiger partial charge in [-0.1, -0.05) is 39.0 Å². The number of likely N-dealkylation sites (N-methyl/N-ethyl adjacent to an activating group) is 2. The predicted molar refractivity (Wildman–Crippen MR) is 89.7 cm³/mol. The molecule has 0 bridgehead atoms. The minimum atomic E-state index is -0.0886. The summed E-state index contributed by atoms with van der Waals surface area (Å²) in [5.41, 5.74) is 0.831. The van der Waals surface area contributed by atoms with E-state index in [1.165, 1.54) is 30.7 Å². The molecule has 1 aliphatic rings. The van der Waals surface area contributed by atoms with Crippen molar-refractivity contribution in [3.05, 3.63) is 10.6 Å². The van der Waals surface area contributed by atoms with Gasteiger partial charge in [0.1, 0.15) is 0 Å². The third kappa shape index (κ3) is 3.64. The maximum atomic E-state index is 11.3. The Hall–Kier alpha value is -0.940. The van der Waals surface area contributed by atoms with Crippen molar-refractivity contribution in [3.8, 4) is 0 Å². The van der Waals surface area contributed by atoms with Crippen LogP contribution in [0.3, 0.4) is 0 Å². The molecule has 0 radical (unpaired) electrons. The van der Waals surface area contributed by atoms with Gasteiger partial charge in [0.05, 0.1) is 10.6 Å². The number of nitrogens with zero attached hydrogens (tertiary/aromatic N) is 3. The fraction of sp³-hybridized carbons (Fsp3) is 0.750. The average molecular weight is 309 g/mol. The number of thiazole rings is 1. The zero-order valence-electron chi connectivity index (χ0n) is 13.8. The molecule has 0 N–H and O–H groups in total. The summed E-state index contributed by atoms with van der Waals surface area (Å²) >= 11 is 1.51. The summed E-state index contributed by atoms with van der Waals surface area (Å²) in [6.45, 7) is 11.9. The number of hydrogen-bond acceptors (Lipinski definition) is 5. The molecule has 1 aromatic heterocycles. The molecular formula is C16H27N3OS. The van der Waals surface area contributed by atoms with E-state index in [1.807, 2.05) is 0 Å². The van der Waals surface area contributed by atoms with Gasteiger partial charge in [-0.05, 0) is 25.9 Å². The lowest BCUT2D eigenvalue weighted by Crippen LogP contribution is -2.38. The molecule has 1 fully saturated rings. The molecule has 118 valence electrons. The molecule has 4 nitrogen and oxygen atoms in total. The quantitative estimate of drug-likeness (QED) is 0.783. The van der Waals surface area contributed by atoms with Crippen molar-refractivity contribution in [1.29, 1.82) is 0 Å². The largest absolute Gasteiger partial charge is 0.350 e. The normalized spacial score (nSPS) is 20.0. The van der Waals surface area contributed by atoms with E-state index in [2.05, 4.69) is 44.5 Å². The van der Waals surface area contributed by atoms with Crippen molar-refractivity contribution >= 4 is 22.8 Å². The van der Waals surface area contributed by atoms with Crippen molar-refractivity contribution < 1.29 is 4.79 Å². The van der Waals surface area contributed by atoms with E-state index in [9.17, 15) is 4.79 Å². The van der Waals surface area contributed by atoms with Crippen molar-refractivity contribution in [1.82, 2.24) is 9.88 Å². The molecule has 1 saturated heterocycles. The molecule has 2 heterocycles. The van der Waals surface area contributed by atoms with Crippen LogP contribution in [0.25, 0.3) is 0 Å². The van der Waals surface area contributed by atoms with Gasteiger partial charge in [0, 0.05) is 25.0 Å². The van der Waals surface area contributed by atoms with Gasteiger partial charge in [0.2, 0.25) is 0 Å². The number of aldehydes is 1. The van der Waals surface area contributed by atoms with Crippen molar-refractivity contribution in [3.63, 3.8) is 0 Å². The third-order valence-corrected chi connectivity index (χ3v) is 5.27. The van der Waals surface area contributed by atoms with E-state index in [1.54, 1.807) is 0 Å². The molecule has 21 heavy (non-hydrogen) atoms. The Bertz CT molecular complexity index is 492. The van der Waals surface area contributed by atoms with Gasteiger partial charge in [-0.2, -0.15) is 0 Å². The summed E-state index contributed by atoms with van der Waals surface area (Å²) in [7, 11) is 2.09. The molecule has 2 rings (SSSR count). The molecular weight excluding hydrogens is 282 g/mol. The lowest BCUT2D eigenvalue weighted by molar-refractivity contribution is 0.112. The monoisotopic (exact) mass is 309 g/mol. The van der Waals surface area contributed by atoms with Crippen LogP contribution in [0.2, 0.25) is 0 Å². The van der Waals surface area contributed by atoms with Crippen LogP contribution in [0, 0.1) is 0 Å². The van der Waals surface area contributed by atoms with Crippen molar-refractivity contribution in [2.24, 2.45) is 0 Å². The fourth-order valence-electron chi connectivity index (χ4n) is 3.01. The number of aromatic nitrogens is 1. The minimum absolute atomic E-state index is 0.0886. The van der Waals surface area contributed by atoms with Crippen LogP contribution in [0.15, 0.2) is 0 Å². The number of anilines is 1. The first-order chi connectivity index (χ1) is 9.86. The fourth-order valence-corrected chi connectivity index (χ4v) is 4.07. The summed E-state index contributed by atoms with van der Waals surface area (Å²) in [5, 5.41) is 0.963. The lowest BCUT2D eigenvalue weighted by atomic mass is 9.91. The molecule has 0 aliphatic carbocycles. The van der Waals surface area contributed by atoms with Crippen molar-refractivity contribution in [2.75, 3.05) is 31.6 Å². The van der Waals surface area contributed by atoms with Gasteiger partial charge < -0.3 is 4.90 Å². The highest BCUT2D eigenvalue weighted by Gasteiger charge is 2.27. The van der Waals surface area contributed by atoms with Crippen LogP contribution < -0.4 is 4.90 Å². The van der Waals surface area contributed by atoms with Crippen LogP contribution in [0.4, 0.5) is 5.13 Å². The molecule has 1 atom stereocenters. The van der Waals surface area contributed by atoms with Crippen LogP contribution in [0.1, 0.15) is 55.9 Å². The van der Waals surface area contributed by atoms with E-state index < -0.39 is 0 Å². The summed E-state index contributed by atoms with van der Waals surface area (Å²) in [5.74, 6) is 0. The van der Waals surface area contributed by atoms with Gasteiger partial charge in [0.15, 0.2) is 11.4 Å². The number of likely N-dealkylation sites (tertiary alicyclic amines) is 1. The lowest BCUT2D eigenvalue weighted by Gasteiger charge is -2.27. The summed E-state index contributed by atoms with van der Waals surface area (Å²) < 4.78 is 0. The zero-order valence-corrected chi connectivity index (χ0v) is 14.7. The van der Waals surface area contributed by atoms with Gasteiger partial charge in [0.25, 0.3) is 0 Å². The first-order valence-electron chi connectivity index (χ1n) is 7.78. The molecule has 0 amide bonds. The number of carbonyl (C=O) groups is 1. The zero-order chi connectivity index (χ0) is 15.6. The first-order valence-corrected chi connectivity index (χ1v) is 8.60. The maximum absolute atomic E-state index is 11.3. The van der Waals surface area contributed by atoms with Crippen LogP contribution in [-0.2, 0) is 5.41 Å². The van der Waals surface area contributed by atoms with Crippen molar-refractivity contribution in [2.45, 2.75) is 52.0 Å². The van der Waals surface area contributed by atoms with E-state index in [0.29, 0.717) is 6.04 Å². The Morgan fingerprint density at radius 1 is 1.48 bits per heavy atom. The molecule has 1 unspecified atom stereocenters. The summed E-state index contributed by atoms with van der Waals surface area (Å²) in [6, 6.07) is 0.613. The van der Waals surface area contributed by atoms with Crippen LogP contribution >= 0.6 is 11.3 Å². The third-order valence-electron chi connectivity index (χ3n) is 4.18. The Morgan fingerprint density at radius 2 is 2.19 bits per heavy atom. The molecule has 5 heteroatoms. The highest BCUT2D eigenvalue weighted by atomic mass is 32.1. The summed E-state index contributed by atoms with van der Waals surface area (Å²) in [6.07, 6.45) is 3.50. The highest BCUT2D eigenvalue weighted by molar-refractivity contribution is 7.17. The molecule has 1 aromatic rings. The number of hydrogen-bond donors (Lipinski definition) is 0. The van der Waals surface area contributed by atoms with Gasteiger partial charge in [-0.3, -0.25) is 9.69 Å². The number of carbonyl (C=O) groups excluding carboxylic acids is 1. The SMILES string of the molecule is CCN1CCCC1CN(C)c1nc(C(C)(C)C)c(C=O)s1. The summed E-state index contributed by atoms with van der Waals surface area (Å²) in [4.78, 5) is 21.6. The Morgan fingerprint density at radius 3 is 2.71 bits per heavy atom. The minimum Gasteiger partial charge on any atom is -0.350 e. The number of rotatable bonds is 5. The van der Waals surface area contributed by atoms with E-state index >= 15 is 0 Å². The van der Waals surface area contributed by atoms with Crippen LogP contribution in [0.5, 0.6) is 0 Å². The van der Waals surface area contributed by atoms with Gasteiger partial charge >= 0.3 is 0 Å². The second kappa shape index (κ2) is 6.44. The Labute approximate surface area is 132 Å². The predicted octanol–water partition coefficient (Wildman–Crippen LogP) is 3.17. The van der Waals surface area contributed by atoms with Crippen LogP contribution in [-0.4, -0.2) is 48.9 Å².